The Morgan fingerprint density at radius 1 is 0.500 bits per heavy atom. The van der Waals surface area contributed by atoms with Gasteiger partial charge in [0.2, 0.25) is 0 Å². The summed E-state index contributed by atoms with van der Waals surface area (Å²) < 4.78 is 43.6. The minimum atomic E-state index is -0.232. The first-order valence-electron chi connectivity index (χ1n) is 25.7. The first-order chi connectivity index (χ1) is 35.2. The fraction of sp³-hybridized carbons (Fsp3) is 0.290. The summed E-state index contributed by atoms with van der Waals surface area (Å²) in [5.74, 6) is 4.48. The van der Waals surface area contributed by atoms with Crippen molar-refractivity contribution >= 4 is 12.2 Å². The van der Waals surface area contributed by atoms with Crippen LogP contribution in [0.3, 0.4) is 0 Å². The highest BCUT2D eigenvalue weighted by Crippen LogP contribution is 2.60. The van der Waals surface area contributed by atoms with E-state index in [9.17, 15) is 8.78 Å². The number of fused-ring (bicyclic) bond motifs is 8. The topological polar surface area (TPSA) is 87.7 Å². The van der Waals surface area contributed by atoms with E-state index >= 15 is 0 Å². The maximum atomic E-state index is 13.5. The zero-order valence-corrected chi connectivity index (χ0v) is 40.6. The first-order valence-corrected chi connectivity index (χ1v) is 25.7. The van der Waals surface area contributed by atoms with Crippen LogP contribution in [-0.2, 0) is 12.8 Å². The molecule has 10 heteroatoms. The number of benzene rings is 4. The van der Waals surface area contributed by atoms with E-state index in [1.165, 1.54) is 57.7 Å². The molecule has 6 aliphatic carbocycles. The summed E-state index contributed by atoms with van der Waals surface area (Å²) in [6.45, 7) is 4.81. The molecule has 72 heavy (non-hydrogen) atoms. The zero-order chi connectivity index (χ0) is 48.6. The monoisotopic (exact) mass is 954 g/mol. The number of hydrogen-bond donors (Lipinski definition) is 0. The molecule has 2 saturated carbocycles. The van der Waals surface area contributed by atoms with E-state index in [1.807, 2.05) is 70.5 Å². The van der Waals surface area contributed by atoms with Crippen LogP contribution in [0.5, 0.6) is 0 Å². The second-order valence-corrected chi connectivity index (χ2v) is 21.1. The molecule has 4 aromatic heterocycles. The Labute approximate surface area is 418 Å². The molecule has 0 spiro atoms. The Kier molecular flexibility index (Phi) is 10.9. The molecule has 0 bridgehead atoms. The highest BCUT2D eigenvalue weighted by molar-refractivity contribution is 5.66. The Balaban J connectivity index is 0.000000140. The van der Waals surface area contributed by atoms with Gasteiger partial charge in [0.15, 0.2) is 23.3 Å². The number of hydrogen-bond acceptors (Lipinski definition) is 6. The Morgan fingerprint density at radius 3 is 1.33 bits per heavy atom. The molecule has 360 valence electrons. The van der Waals surface area contributed by atoms with E-state index in [0.29, 0.717) is 23.7 Å². The van der Waals surface area contributed by atoms with Gasteiger partial charge < -0.3 is 8.83 Å². The lowest BCUT2D eigenvalue weighted by atomic mass is 9.55. The summed E-state index contributed by atoms with van der Waals surface area (Å²) in [6.07, 6.45) is 27.8. The molecule has 6 atom stereocenters. The van der Waals surface area contributed by atoms with Crippen LogP contribution >= 0.6 is 0 Å². The molecule has 4 heterocycles. The summed E-state index contributed by atoms with van der Waals surface area (Å²) in [4.78, 5) is 9.53. The van der Waals surface area contributed by atoms with E-state index in [4.69, 9.17) is 29.0 Å². The van der Waals surface area contributed by atoms with Crippen LogP contribution in [0.25, 0.3) is 46.2 Å². The maximum absolute atomic E-state index is 13.5. The largest absolute Gasteiger partial charge is 0.440 e. The van der Waals surface area contributed by atoms with Crippen LogP contribution in [0, 0.1) is 34.3 Å². The third-order valence-electron chi connectivity index (χ3n) is 17.0. The molecule has 6 aliphatic rings. The summed E-state index contributed by atoms with van der Waals surface area (Å²) in [5.41, 5.74) is 14.7. The van der Waals surface area contributed by atoms with Crippen molar-refractivity contribution in [3.8, 4) is 34.0 Å². The maximum Gasteiger partial charge on any atom is 0.198 e. The summed E-state index contributed by atoms with van der Waals surface area (Å²) in [7, 11) is 0. The minimum absolute atomic E-state index is 0.0138. The van der Waals surface area contributed by atoms with Crippen LogP contribution in [0.1, 0.15) is 111 Å². The molecule has 14 rings (SSSR count). The van der Waals surface area contributed by atoms with E-state index in [-0.39, 0.29) is 22.5 Å². The Bertz CT molecular complexity index is 3220. The van der Waals surface area contributed by atoms with Crippen LogP contribution in [-0.4, -0.2) is 29.5 Å². The minimum Gasteiger partial charge on any atom is -0.440 e. The smallest absolute Gasteiger partial charge is 0.198 e. The third-order valence-corrected chi connectivity index (χ3v) is 17.0. The van der Waals surface area contributed by atoms with Crippen LogP contribution in [0.4, 0.5) is 8.78 Å². The van der Waals surface area contributed by atoms with Crippen molar-refractivity contribution in [3.05, 3.63) is 214 Å². The Hall–Kier alpha value is -7.46. The van der Waals surface area contributed by atoms with Crippen molar-refractivity contribution in [2.45, 2.75) is 89.9 Å². The standard InChI is InChI=1S/2C31H28FN3O/c2*1-31-17-21-18-34-35(24-13-11-23(32)12-14-24)28(21)16-22(31)10-15-25-26(8-5-9-27(25)31)30-33-19-29(36-30)20-6-3-2-4-7-20/h2*2-4,6-7,9,11-14,16,18-19,25-26H,5,8,10,15,17H2,1H3/t25-,26+,31+;25-,26-,31+/m11/s1. The van der Waals surface area contributed by atoms with Crippen molar-refractivity contribution in [3.63, 3.8) is 0 Å². The number of nitrogens with zero attached hydrogens (tertiary/aromatic N) is 6. The Morgan fingerprint density at radius 2 is 0.917 bits per heavy atom. The molecular formula is C62H56F2N6O2. The quantitative estimate of drug-likeness (QED) is 0.154. The second kappa shape index (κ2) is 17.7. The zero-order valence-electron chi connectivity index (χ0n) is 40.6. The van der Waals surface area contributed by atoms with E-state index < -0.39 is 0 Å². The van der Waals surface area contributed by atoms with Gasteiger partial charge in [-0.3, -0.25) is 0 Å². The van der Waals surface area contributed by atoms with Gasteiger partial charge in [-0.25, -0.2) is 28.1 Å². The van der Waals surface area contributed by atoms with E-state index in [0.717, 1.165) is 121 Å². The van der Waals surface area contributed by atoms with Gasteiger partial charge in [0, 0.05) is 33.8 Å². The van der Waals surface area contributed by atoms with Gasteiger partial charge in [0.25, 0.3) is 0 Å². The lowest BCUT2D eigenvalue weighted by molar-refractivity contribution is 0.257. The highest BCUT2D eigenvalue weighted by Gasteiger charge is 2.49. The lowest BCUT2D eigenvalue weighted by Gasteiger charge is -2.48. The third kappa shape index (κ3) is 7.60. The highest BCUT2D eigenvalue weighted by atomic mass is 19.1. The molecule has 0 amide bonds. The van der Waals surface area contributed by atoms with E-state index in [2.05, 4.69) is 62.4 Å². The number of oxazole rings is 2. The van der Waals surface area contributed by atoms with Crippen molar-refractivity contribution in [1.82, 2.24) is 29.5 Å². The summed E-state index contributed by atoms with van der Waals surface area (Å²) >= 11 is 0. The molecule has 0 saturated heterocycles. The molecule has 4 aromatic carbocycles. The normalized spacial score (nSPS) is 24.8. The summed E-state index contributed by atoms with van der Waals surface area (Å²) in [6, 6.07) is 33.6. The van der Waals surface area contributed by atoms with Gasteiger partial charge in [-0.1, -0.05) is 109 Å². The number of aromatic nitrogens is 6. The SMILES string of the molecule is C[C@]12Cc3cnn(-c4ccc(F)cc4)c3C=C1CC[C@H]1C2=CCC[C@@H]1c1ncc(-c2ccccc2)o1.C[C@]12Cc3cnn(-c4ccc(F)cc4)c3C=C1CC[C@H]1C2=CCC[C@H]1c1ncc(-c2ccccc2)o1. The van der Waals surface area contributed by atoms with Crippen molar-refractivity contribution in [2.24, 2.45) is 22.7 Å². The van der Waals surface area contributed by atoms with Crippen molar-refractivity contribution in [1.29, 1.82) is 0 Å². The van der Waals surface area contributed by atoms with Crippen LogP contribution in [0.2, 0.25) is 0 Å². The van der Waals surface area contributed by atoms with Gasteiger partial charge in [-0.15, -0.1) is 0 Å². The van der Waals surface area contributed by atoms with Gasteiger partial charge >= 0.3 is 0 Å². The average Bonchev–Trinajstić information content (AvgIpc) is 4.26. The fourth-order valence-electron chi connectivity index (χ4n) is 13.4. The molecule has 2 fully saturated rings. The molecule has 0 radical (unpaired) electrons. The molecular weight excluding hydrogens is 899 g/mol. The molecule has 0 unspecified atom stereocenters. The number of allylic oxidation sites excluding steroid dienone is 6. The van der Waals surface area contributed by atoms with Gasteiger partial charge in [-0.2, -0.15) is 10.2 Å². The molecule has 0 aliphatic heterocycles. The van der Waals surface area contributed by atoms with Gasteiger partial charge in [0.1, 0.15) is 11.6 Å². The molecule has 8 aromatic rings. The fourth-order valence-corrected chi connectivity index (χ4v) is 13.4. The van der Waals surface area contributed by atoms with Crippen LogP contribution < -0.4 is 0 Å². The molecule has 8 nitrogen and oxygen atoms in total. The predicted molar refractivity (Wildman–Crippen MR) is 276 cm³/mol. The van der Waals surface area contributed by atoms with E-state index in [1.54, 1.807) is 24.3 Å². The van der Waals surface area contributed by atoms with Gasteiger partial charge in [0.05, 0.1) is 47.6 Å². The lowest BCUT2D eigenvalue weighted by Crippen LogP contribution is -2.38. The van der Waals surface area contributed by atoms with Crippen molar-refractivity contribution < 1.29 is 17.6 Å². The average molecular weight is 955 g/mol. The number of rotatable bonds is 6. The predicted octanol–water partition coefficient (Wildman–Crippen LogP) is 15.1. The summed E-state index contributed by atoms with van der Waals surface area (Å²) in [5, 5.41) is 9.38. The number of halogens is 2. The van der Waals surface area contributed by atoms with Gasteiger partial charge in [-0.05, 0) is 148 Å². The second-order valence-electron chi connectivity index (χ2n) is 21.1. The first kappa shape index (κ1) is 44.5. The molecule has 0 N–H and O–H groups in total. The van der Waals surface area contributed by atoms with Crippen molar-refractivity contribution in [2.75, 3.05) is 0 Å². The van der Waals surface area contributed by atoms with Crippen LogP contribution in [0.15, 0.2) is 177 Å².